The van der Waals surface area contributed by atoms with Crippen molar-refractivity contribution in [1.82, 2.24) is 4.72 Å². The Hall–Kier alpha value is 0.190. The zero-order chi connectivity index (χ0) is 7.40. The molecule has 0 unspecified atom stereocenters. The number of aliphatic hydroxyl groups excluding tert-OH is 1. The Morgan fingerprint density at radius 2 is 2.10 bits per heavy atom. The fourth-order valence-electron chi connectivity index (χ4n) is 0.753. The van der Waals surface area contributed by atoms with Crippen LogP contribution in [0.1, 0.15) is 0 Å². The second-order valence-electron chi connectivity index (χ2n) is 2.16. The van der Waals surface area contributed by atoms with Gasteiger partial charge in [-0.15, -0.1) is 0 Å². The smallest absolute Gasteiger partial charge is 0.146 e. The molecule has 0 amide bonds. The number of rotatable bonds is 1. The summed E-state index contributed by atoms with van der Waals surface area (Å²) in [6.07, 6.45) is -0.528. The third kappa shape index (κ3) is 2.10. The maximum atomic E-state index is 9.23. The van der Waals surface area contributed by atoms with Crippen LogP contribution in [0.15, 0.2) is 0 Å². The molecule has 1 saturated heterocycles. The molecule has 4 nitrogen and oxygen atoms in total. The van der Waals surface area contributed by atoms with Crippen LogP contribution in [0, 0.1) is 0 Å². The molecule has 1 aliphatic heterocycles. The van der Waals surface area contributed by atoms with Crippen LogP contribution in [0.2, 0.25) is 0 Å². The lowest BCUT2D eigenvalue weighted by Gasteiger charge is -2.16. The summed E-state index contributed by atoms with van der Waals surface area (Å²) in [4.78, 5) is 0. The van der Waals surface area contributed by atoms with Crippen molar-refractivity contribution in [3.8, 4) is 0 Å². The minimum Gasteiger partial charge on any atom is -0.389 e. The predicted molar refractivity (Wildman–Crippen MR) is 38.7 cm³/mol. The molecule has 0 aromatic rings. The van der Waals surface area contributed by atoms with Gasteiger partial charge < -0.3 is 14.6 Å². The second-order valence-corrected chi connectivity index (χ2v) is 2.42. The summed E-state index contributed by atoms with van der Waals surface area (Å²) in [5.41, 5.74) is 0. The van der Waals surface area contributed by atoms with E-state index in [0.717, 1.165) is 0 Å². The van der Waals surface area contributed by atoms with Gasteiger partial charge in [0.05, 0.1) is 25.4 Å². The lowest BCUT2D eigenvalue weighted by atomic mass is 10.2. The molecule has 60 valence electrons. The number of thiol groups is 1. The first kappa shape index (κ1) is 8.29. The average molecular weight is 165 g/mol. The van der Waals surface area contributed by atoms with E-state index in [1.54, 1.807) is 0 Å². The van der Waals surface area contributed by atoms with Gasteiger partial charge in [0.1, 0.15) is 6.79 Å². The number of aliphatic hydroxyl groups is 1. The van der Waals surface area contributed by atoms with E-state index in [4.69, 9.17) is 9.47 Å². The zero-order valence-corrected chi connectivity index (χ0v) is 6.38. The molecule has 2 atom stereocenters. The van der Waals surface area contributed by atoms with Gasteiger partial charge in [-0.25, -0.2) is 0 Å². The molecule has 0 saturated carbocycles. The molecule has 0 aromatic heterocycles. The molecular formula is C5H11NO3S. The zero-order valence-electron chi connectivity index (χ0n) is 5.49. The lowest BCUT2D eigenvalue weighted by molar-refractivity contribution is -0.0421. The summed E-state index contributed by atoms with van der Waals surface area (Å²) in [5.74, 6) is 0. The summed E-state index contributed by atoms with van der Waals surface area (Å²) >= 11 is 3.83. The Morgan fingerprint density at radius 3 is 2.80 bits per heavy atom. The highest BCUT2D eigenvalue weighted by Gasteiger charge is 2.20. The van der Waals surface area contributed by atoms with Gasteiger partial charge >= 0.3 is 0 Å². The molecule has 1 fully saturated rings. The van der Waals surface area contributed by atoms with Crippen molar-refractivity contribution in [2.45, 2.75) is 12.1 Å². The van der Waals surface area contributed by atoms with E-state index in [-0.39, 0.29) is 12.8 Å². The minimum atomic E-state index is -0.528. The van der Waals surface area contributed by atoms with Crippen molar-refractivity contribution in [3.05, 3.63) is 0 Å². The highest BCUT2D eigenvalue weighted by molar-refractivity contribution is 7.78. The first-order valence-electron chi connectivity index (χ1n) is 3.08. The molecule has 1 aliphatic rings. The lowest BCUT2D eigenvalue weighted by Crippen LogP contribution is -2.39. The van der Waals surface area contributed by atoms with Crippen molar-refractivity contribution in [1.29, 1.82) is 0 Å². The van der Waals surface area contributed by atoms with Gasteiger partial charge in [0, 0.05) is 0 Å². The van der Waals surface area contributed by atoms with E-state index in [2.05, 4.69) is 17.5 Å². The Bertz CT molecular complexity index is 103. The Kier molecular flexibility index (Phi) is 3.44. The van der Waals surface area contributed by atoms with Crippen molar-refractivity contribution < 1.29 is 14.6 Å². The third-order valence-electron chi connectivity index (χ3n) is 1.38. The van der Waals surface area contributed by atoms with Gasteiger partial charge in [0.15, 0.2) is 0 Å². The van der Waals surface area contributed by atoms with Crippen molar-refractivity contribution >= 4 is 12.8 Å². The van der Waals surface area contributed by atoms with Gasteiger partial charge in [-0.05, 0) is 0 Å². The first-order valence-corrected chi connectivity index (χ1v) is 3.52. The normalized spacial score (nSPS) is 35.4. The van der Waals surface area contributed by atoms with Crippen LogP contribution in [-0.2, 0) is 9.47 Å². The highest BCUT2D eigenvalue weighted by atomic mass is 32.1. The first-order chi connectivity index (χ1) is 4.84. The molecule has 0 aliphatic carbocycles. The van der Waals surface area contributed by atoms with E-state index >= 15 is 0 Å². The summed E-state index contributed by atoms with van der Waals surface area (Å²) in [6, 6.07) is -0.133. The predicted octanol–water partition coefficient (Wildman–Crippen LogP) is -0.845. The van der Waals surface area contributed by atoms with Crippen LogP contribution in [-0.4, -0.2) is 37.3 Å². The summed E-state index contributed by atoms with van der Waals surface area (Å²) in [7, 11) is 0. The summed E-state index contributed by atoms with van der Waals surface area (Å²) in [5, 5.41) is 9.23. The maximum Gasteiger partial charge on any atom is 0.146 e. The summed E-state index contributed by atoms with van der Waals surface area (Å²) in [6.45, 7) is 0.992. The van der Waals surface area contributed by atoms with Crippen molar-refractivity contribution in [2.24, 2.45) is 0 Å². The standard InChI is InChI=1S/C5H11NO3S/c7-5-2-9-3-8-1-4(5)6-10/h4-7,10H,1-3H2/t4-,5+/m1/s1. The maximum absolute atomic E-state index is 9.23. The molecule has 10 heavy (non-hydrogen) atoms. The molecule has 1 rings (SSSR count). The summed E-state index contributed by atoms with van der Waals surface area (Å²) < 4.78 is 12.5. The number of hydrogen-bond acceptors (Lipinski definition) is 5. The number of hydrogen-bond donors (Lipinski definition) is 3. The topological polar surface area (TPSA) is 50.7 Å². The van der Waals surface area contributed by atoms with Crippen LogP contribution in [0.25, 0.3) is 0 Å². The molecule has 5 heteroatoms. The number of ether oxygens (including phenoxy) is 2. The Morgan fingerprint density at radius 1 is 1.40 bits per heavy atom. The molecule has 0 spiro atoms. The third-order valence-corrected chi connectivity index (χ3v) is 1.71. The minimum absolute atomic E-state index is 0.133. The van der Waals surface area contributed by atoms with Crippen LogP contribution < -0.4 is 4.72 Å². The monoisotopic (exact) mass is 165 g/mol. The van der Waals surface area contributed by atoms with Gasteiger partial charge in [0.2, 0.25) is 0 Å². The molecule has 0 aromatic carbocycles. The fourth-order valence-corrected chi connectivity index (χ4v) is 1.00. The largest absolute Gasteiger partial charge is 0.389 e. The molecule has 0 radical (unpaired) electrons. The quantitative estimate of drug-likeness (QED) is 0.443. The molecule has 1 heterocycles. The molecule has 2 N–H and O–H groups in total. The SMILES string of the molecule is O[C@H]1COCOC[C@H]1NS. The Labute approximate surface area is 65.1 Å². The van der Waals surface area contributed by atoms with Gasteiger partial charge in [-0.2, -0.15) is 0 Å². The van der Waals surface area contributed by atoms with E-state index < -0.39 is 6.10 Å². The van der Waals surface area contributed by atoms with Crippen LogP contribution >= 0.6 is 12.8 Å². The number of nitrogens with one attached hydrogen (secondary N) is 1. The Balaban J connectivity index is 2.35. The second kappa shape index (κ2) is 4.15. The van der Waals surface area contributed by atoms with E-state index in [9.17, 15) is 5.11 Å². The van der Waals surface area contributed by atoms with Gasteiger partial charge in [0.25, 0.3) is 0 Å². The van der Waals surface area contributed by atoms with E-state index in [1.807, 2.05) is 0 Å². The molecular weight excluding hydrogens is 154 g/mol. The van der Waals surface area contributed by atoms with E-state index in [0.29, 0.717) is 13.2 Å². The fraction of sp³-hybridized carbons (Fsp3) is 1.00. The van der Waals surface area contributed by atoms with Crippen LogP contribution in [0.4, 0.5) is 0 Å². The molecule has 0 bridgehead atoms. The van der Waals surface area contributed by atoms with E-state index in [1.165, 1.54) is 0 Å². The van der Waals surface area contributed by atoms with Crippen molar-refractivity contribution in [3.63, 3.8) is 0 Å². The van der Waals surface area contributed by atoms with Gasteiger partial charge in [-0.1, -0.05) is 12.8 Å². The van der Waals surface area contributed by atoms with Crippen LogP contribution in [0.3, 0.4) is 0 Å². The highest BCUT2D eigenvalue weighted by Crippen LogP contribution is 2.01. The average Bonchev–Trinajstić information content (AvgIpc) is 2.13. The van der Waals surface area contributed by atoms with Crippen LogP contribution in [0.5, 0.6) is 0 Å². The van der Waals surface area contributed by atoms with Crippen molar-refractivity contribution in [2.75, 3.05) is 20.0 Å². The van der Waals surface area contributed by atoms with Gasteiger partial charge in [-0.3, -0.25) is 4.72 Å².